The lowest BCUT2D eigenvalue weighted by atomic mass is 9.78. The summed E-state index contributed by atoms with van der Waals surface area (Å²) < 4.78 is 38.8. The van der Waals surface area contributed by atoms with Gasteiger partial charge in [0.25, 0.3) is 0 Å². The van der Waals surface area contributed by atoms with E-state index in [1.165, 1.54) is 0 Å². The Morgan fingerprint density at radius 1 is 1.29 bits per heavy atom. The minimum absolute atomic E-state index is 0.0634. The van der Waals surface area contributed by atoms with E-state index in [4.69, 9.17) is 0 Å². The van der Waals surface area contributed by atoms with E-state index < -0.39 is 12.1 Å². The van der Waals surface area contributed by atoms with Gasteiger partial charge in [-0.2, -0.15) is 13.2 Å². The molecule has 0 spiro atoms. The minimum Gasteiger partial charge on any atom is -0.394 e. The van der Waals surface area contributed by atoms with Crippen molar-refractivity contribution in [3.63, 3.8) is 0 Å². The van der Waals surface area contributed by atoms with Crippen molar-refractivity contribution in [3.8, 4) is 0 Å². The number of aliphatic hydroxyl groups excluding tert-OH is 1. The van der Waals surface area contributed by atoms with E-state index in [1.54, 1.807) is 0 Å². The third kappa shape index (κ3) is 4.11. The molecule has 6 heteroatoms. The monoisotopic (exact) mass is 308 g/mol. The molecule has 0 bridgehead atoms. The third-order valence-electron chi connectivity index (χ3n) is 5.11. The zero-order chi connectivity index (χ0) is 15.5. The van der Waals surface area contributed by atoms with Crippen LogP contribution in [0.5, 0.6) is 0 Å². The van der Waals surface area contributed by atoms with Crippen LogP contribution in [-0.4, -0.2) is 54.0 Å². The molecule has 3 unspecified atom stereocenters. The summed E-state index contributed by atoms with van der Waals surface area (Å²) in [5, 5.41) is 13.1. The summed E-state index contributed by atoms with van der Waals surface area (Å²) in [6, 6.07) is 0.162. The van der Waals surface area contributed by atoms with Gasteiger partial charge < -0.3 is 10.4 Å². The molecule has 1 saturated heterocycles. The van der Waals surface area contributed by atoms with Crippen molar-refractivity contribution < 1.29 is 18.3 Å². The summed E-state index contributed by atoms with van der Waals surface area (Å²) >= 11 is 0. The Morgan fingerprint density at radius 3 is 2.67 bits per heavy atom. The molecule has 1 heterocycles. The Kier molecular flexibility index (Phi) is 5.54. The van der Waals surface area contributed by atoms with Crippen molar-refractivity contribution in [2.75, 3.05) is 26.2 Å². The van der Waals surface area contributed by atoms with Crippen molar-refractivity contribution in [2.24, 2.45) is 5.92 Å². The molecule has 2 N–H and O–H groups in total. The fourth-order valence-electron chi connectivity index (χ4n) is 3.98. The number of hydrogen-bond acceptors (Lipinski definition) is 3. The molecule has 3 nitrogen and oxygen atoms in total. The lowest BCUT2D eigenvalue weighted by molar-refractivity contribution is -0.189. The van der Waals surface area contributed by atoms with E-state index in [9.17, 15) is 18.3 Å². The Morgan fingerprint density at radius 2 is 2.05 bits per heavy atom. The maximum atomic E-state index is 12.9. The van der Waals surface area contributed by atoms with Crippen molar-refractivity contribution >= 4 is 0 Å². The molecule has 0 amide bonds. The SMILES string of the molecule is CCNC1(CO)CCCC(N2CCCC(C(F)(F)F)C2)C1. The molecule has 2 rings (SSSR count). The smallest absolute Gasteiger partial charge is 0.393 e. The van der Waals surface area contributed by atoms with Crippen LogP contribution in [0.15, 0.2) is 0 Å². The zero-order valence-corrected chi connectivity index (χ0v) is 12.8. The van der Waals surface area contributed by atoms with E-state index in [1.807, 2.05) is 11.8 Å². The van der Waals surface area contributed by atoms with E-state index in [2.05, 4.69) is 5.32 Å². The van der Waals surface area contributed by atoms with Crippen LogP contribution in [0.2, 0.25) is 0 Å². The van der Waals surface area contributed by atoms with Gasteiger partial charge in [-0.1, -0.05) is 6.92 Å². The maximum absolute atomic E-state index is 12.9. The van der Waals surface area contributed by atoms with Crippen LogP contribution in [0.4, 0.5) is 13.2 Å². The van der Waals surface area contributed by atoms with Crippen LogP contribution in [-0.2, 0) is 0 Å². The second kappa shape index (κ2) is 6.84. The van der Waals surface area contributed by atoms with Gasteiger partial charge in [0, 0.05) is 18.1 Å². The van der Waals surface area contributed by atoms with Gasteiger partial charge in [0.05, 0.1) is 12.5 Å². The van der Waals surface area contributed by atoms with Gasteiger partial charge in [-0.15, -0.1) is 0 Å². The van der Waals surface area contributed by atoms with Crippen LogP contribution in [0.1, 0.15) is 45.4 Å². The van der Waals surface area contributed by atoms with Crippen molar-refractivity contribution in [2.45, 2.75) is 63.2 Å². The number of hydrogen-bond donors (Lipinski definition) is 2. The number of rotatable bonds is 4. The average Bonchev–Trinajstić information content (AvgIpc) is 2.47. The number of halogens is 3. The van der Waals surface area contributed by atoms with Gasteiger partial charge in [-0.25, -0.2) is 0 Å². The molecule has 1 aliphatic carbocycles. The number of likely N-dealkylation sites (N-methyl/N-ethyl adjacent to an activating group) is 1. The average molecular weight is 308 g/mol. The standard InChI is InChI=1S/C15H27F3N2O/c1-2-19-14(11-21)7-3-6-13(9-14)20-8-4-5-12(10-20)15(16,17)18/h12-13,19,21H,2-11H2,1H3. The molecule has 1 aliphatic heterocycles. The molecule has 2 aliphatic rings. The van der Waals surface area contributed by atoms with Crippen LogP contribution < -0.4 is 5.32 Å². The molecule has 0 radical (unpaired) electrons. The van der Waals surface area contributed by atoms with Crippen LogP contribution in [0.3, 0.4) is 0 Å². The van der Waals surface area contributed by atoms with Gasteiger partial charge in [0.15, 0.2) is 0 Å². The number of aliphatic hydroxyl groups is 1. The van der Waals surface area contributed by atoms with Gasteiger partial charge in [0.2, 0.25) is 0 Å². The highest BCUT2D eigenvalue weighted by Gasteiger charge is 2.44. The van der Waals surface area contributed by atoms with Gasteiger partial charge in [0.1, 0.15) is 0 Å². The first-order valence-corrected chi connectivity index (χ1v) is 8.07. The minimum atomic E-state index is -4.08. The van der Waals surface area contributed by atoms with Gasteiger partial charge in [-0.3, -0.25) is 4.90 Å². The van der Waals surface area contributed by atoms with E-state index in [0.717, 1.165) is 38.8 Å². The molecule has 21 heavy (non-hydrogen) atoms. The van der Waals surface area contributed by atoms with Crippen molar-refractivity contribution in [3.05, 3.63) is 0 Å². The van der Waals surface area contributed by atoms with Gasteiger partial charge in [-0.05, 0) is 51.6 Å². The third-order valence-corrected chi connectivity index (χ3v) is 5.11. The Balaban J connectivity index is 2.00. The number of alkyl halides is 3. The Hall–Kier alpha value is -0.330. The molecule has 124 valence electrons. The van der Waals surface area contributed by atoms with E-state index in [-0.39, 0.29) is 31.2 Å². The fraction of sp³-hybridized carbons (Fsp3) is 1.00. The highest BCUT2D eigenvalue weighted by molar-refractivity contribution is 4.97. The normalized spacial score (nSPS) is 35.9. The van der Waals surface area contributed by atoms with Crippen LogP contribution in [0, 0.1) is 5.92 Å². The summed E-state index contributed by atoms with van der Waals surface area (Å²) in [5.74, 6) is -1.18. The summed E-state index contributed by atoms with van der Waals surface area (Å²) in [6.07, 6.45) is 0.359. The summed E-state index contributed by atoms with van der Waals surface area (Å²) in [4.78, 5) is 2.02. The molecule has 1 saturated carbocycles. The topological polar surface area (TPSA) is 35.5 Å². The predicted octanol–water partition coefficient (Wildman–Crippen LogP) is 2.54. The van der Waals surface area contributed by atoms with Crippen molar-refractivity contribution in [1.29, 1.82) is 0 Å². The highest BCUT2D eigenvalue weighted by Crippen LogP contribution is 2.37. The zero-order valence-electron chi connectivity index (χ0n) is 12.8. The second-order valence-corrected chi connectivity index (χ2v) is 6.59. The molecular weight excluding hydrogens is 281 g/mol. The first-order chi connectivity index (χ1) is 9.90. The molecule has 0 aromatic heterocycles. The lowest BCUT2D eigenvalue weighted by Gasteiger charge is -2.46. The first-order valence-electron chi connectivity index (χ1n) is 8.07. The number of nitrogens with zero attached hydrogens (tertiary/aromatic N) is 1. The number of nitrogens with one attached hydrogen (secondary N) is 1. The summed E-state index contributed by atoms with van der Waals surface area (Å²) in [5.41, 5.74) is -0.303. The van der Waals surface area contributed by atoms with Crippen molar-refractivity contribution in [1.82, 2.24) is 10.2 Å². The summed E-state index contributed by atoms with van der Waals surface area (Å²) in [6.45, 7) is 3.72. The largest absolute Gasteiger partial charge is 0.394 e. The molecule has 2 fully saturated rings. The fourth-order valence-corrected chi connectivity index (χ4v) is 3.98. The van der Waals surface area contributed by atoms with Crippen LogP contribution in [0.25, 0.3) is 0 Å². The predicted molar refractivity (Wildman–Crippen MR) is 76.1 cm³/mol. The quantitative estimate of drug-likeness (QED) is 0.838. The first kappa shape index (κ1) is 17.0. The molecular formula is C15H27F3N2O. The van der Waals surface area contributed by atoms with E-state index >= 15 is 0 Å². The van der Waals surface area contributed by atoms with Gasteiger partial charge >= 0.3 is 6.18 Å². The molecule has 0 aromatic rings. The Bertz CT molecular complexity index is 333. The van der Waals surface area contributed by atoms with E-state index in [0.29, 0.717) is 6.42 Å². The second-order valence-electron chi connectivity index (χ2n) is 6.59. The molecule has 3 atom stereocenters. The number of piperidine rings is 1. The highest BCUT2D eigenvalue weighted by atomic mass is 19.4. The maximum Gasteiger partial charge on any atom is 0.393 e. The lowest BCUT2D eigenvalue weighted by Crippen LogP contribution is -2.57. The number of likely N-dealkylation sites (tertiary alicyclic amines) is 1. The molecule has 0 aromatic carbocycles. The van der Waals surface area contributed by atoms with Crippen LogP contribution >= 0.6 is 0 Å². The Labute approximate surface area is 124 Å². The summed E-state index contributed by atoms with van der Waals surface area (Å²) in [7, 11) is 0.